The Morgan fingerprint density at radius 3 is 2.86 bits per heavy atom. The minimum absolute atomic E-state index is 0.0406. The summed E-state index contributed by atoms with van der Waals surface area (Å²) in [5.41, 5.74) is 8.29. The number of nitrogens with two attached hydrogens (primary N) is 2. The van der Waals surface area contributed by atoms with Gasteiger partial charge in [0.15, 0.2) is 0 Å². The molecule has 2 atom stereocenters. The summed E-state index contributed by atoms with van der Waals surface area (Å²) in [6.45, 7) is 7.37. The molecule has 5 heterocycles. The number of hydrazine groups is 1. The molecule has 0 amide bonds. The lowest BCUT2D eigenvalue weighted by Gasteiger charge is -2.47. The number of rotatable bonds is 7. The Balaban J connectivity index is 1.17. The highest BCUT2D eigenvalue weighted by molar-refractivity contribution is 7.89. The summed E-state index contributed by atoms with van der Waals surface area (Å²) in [7, 11) is -1.95. The Kier molecular flexibility index (Phi) is 6.94. The third kappa shape index (κ3) is 4.59. The maximum atomic E-state index is 12.7. The van der Waals surface area contributed by atoms with Crippen molar-refractivity contribution >= 4 is 21.4 Å². The molecule has 0 aliphatic carbocycles. The zero-order chi connectivity index (χ0) is 25.7. The Hall–Kier alpha value is -1.96. The average molecular weight is 536 g/mol. The van der Waals surface area contributed by atoms with Gasteiger partial charge in [-0.1, -0.05) is 6.92 Å². The molecular weight excluding hydrogens is 498 g/mol. The minimum atomic E-state index is -3.62. The van der Waals surface area contributed by atoms with E-state index in [-0.39, 0.29) is 16.8 Å². The standard InChI is InChI=1S/C24H37N7O3S2/c1-4-20-11-21-22(35-20)5-10-34-24(21)6-8-29(17(2)12-24)13-18(25)14-31(26)19-15-30(16-19)36(32,33)23-27-7-9-28(23)3/h7,9,11,14,17,19H,4-6,8,10,12-13,15-16,25-26H2,1-3H3/b18-14-/t17-,24+/m0/s1. The van der Waals surface area contributed by atoms with E-state index < -0.39 is 10.0 Å². The Morgan fingerprint density at radius 1 is 1.42 bits per heavy atom. The number of thiophene rings is 1. The lowest BCUT2D eigenvalue weighted by atomic mass is 9.79. The number of imidazole rings is 1. The second-order valence-electron chi connectivity index (χ2n) is 10.2. The molecule has 0 aromatic carbocycles. The highest BCUT2D eigenvalue weighted by atomic mass is 32.2. The number of piperidine rings is 1. The Bertz CT molecular complexity index is 1230. The Labute approximate surface area is 217 Å². The third-order valence-corrected chi connectivity index (χ3v) is 10.9. The van der Waals surface area contributed by atoms with E-state index in [1.165, 1.54) is 30.4 Å². The van der Waals surface area contributed by atoms with Crippen LogP contribution in [0.15, 0.2) is 35.5 Å². The van der Waals surface area contributed by atoms with Gasteiger partial charge in [0, 0.05) is 79.7 Å². The molecule has 2 saturated heterocycles. The van der Waals surface area contributed by atoms with Gasteiger partial charge >= 0.3 is 0 Å². The van der Waals surface area contributed by atoms with Gasteiger partial charge in [0.25, 0.3) is 10.0 Å². The van der Waals surface area contributed by atoms with Gasteiger partial charge in [0.2, 0.25) is 5.16 Å². The van der Waals surface area contributed by atoms with Gasteiger partial charge in [-0.3, -0.25) is 4.90 Å². The number of ether oxygens (including phenoxy) is 1. The first-order chi connectivity index (χ1) is 17.1. The molecule has 5 rings (SSSR count). The van der Waals surface area contributed by atoms with Crippen molar-refractivity contribution in [1.82, 2.24) is 23.8 Å². The number of fused-ring (bicyclic) bond motifs is 2. The molecule has 1 spiro atoms. The minimum Gasteiger partial charge on any atom is -0.400 e. The first-order valence-corrected chi connectivity index (χ1v) is 14.9. The van der Waals surface area contributed by atoms with Crippen molar-refractivity contribution in [3.05, 3.63) is 45.7 Å². The maximum Gasteiger partial charge on any atom is 0.277 e. The summed E-state index contributed by atoms with van der Waals surface area (Å²) in [6, 6.07) is 2.56. The zero-order valence-corrected chi connectivity index (χ0v) is 22.9. The lowest BCUT2D eigenvalue weighted by molar-refractivity contribution is -0.109. The SMILES string of the molecule is CCc1cc2c(s1)CCO[C@@]21CCN(C/C(N)=C/N(N)C2CN(S(=O)(=O)c3nccn3C)C2)[C@@H](C)C1. The molecule has 4 N–H and O–H groups in total. The number of nitrogens with zero attached hydrogens (tertiary/aromatic N) is 5. The lowest BCUT2D eigenvalue weighted by Crippen LogP contribution is -2.61. The molecule has 36 heavy (non-hydrogen) atoms. The molecule has 10 nitrogen and oxygen atoms in total. The molecular formula is C24H37N7O3S2. The molecule has 0 bridgehead atoms. The van der Waals surface area contributed by atoms with Crippen LogP contribution in [0.5, 0.6) is 0 Å². The summed E-state index contributed by atoms with van der Waals surface area (Å²) in [5, 5.41) is 1.59. The first-order valence-electron chi connectivity index (χ1n) is 12.6. The maximum absolute atomic E-state index is 12.7. The normalized spacial score (nSPS) is 26.2. The largest absolute Gasteiger partial charge is 0.400 e. The van der Waals surface area contributed by atoms with Crippen molar-refractivity contribution in [3.8, 4) is 0 Å². The fourth-order valence-corrected chi connectivity index (χ4v) is 8.36. The van der Waals surface area contributed by atoms with Crippen molar-refractivity contribution in [2.24, 2.45) is 18.6 Å². The number of hydrogen-bond acceptors (Lipinski definition) is 9. The zero-order valence-electron chi connectivity index (χ0n) is 21.3. The van der Waals surface area contributed by atoms with Crippen molar-refractivity contribution in [1.29, 1.82) is 0 Å². The topological polar surface area (TPSA) is 123 Å². The van der Waals surface area contributed by atoms with E-state index in [0.717, 1.165) is 38.8 Å². The summed E-state index contributed by atoms with van der Waals surface area (Å²) in [6.07, 6.45) is 8.83. The first kappa shape index (κ1) is 25.7. The summed E-state index contributed by atoms with van der Waals surface area (Å²) >= 11 is 1.95. The smallest absolute Gasteiger partial charge is 0.277 e. The van der Waals surface area contributed by atoms with Crippen LogP contribution in [0.3, 0.4) is 0 Å². The van der Waals surface area contributed by atoms with Crippen LogP contribution in [0.4, 0.5) is 0 Å². The van der Waals surface area contributed by atoms with E-state index in [1.807, 2.05) is 11.3 Å². The van der Waals surface area contributed by atoms with Crippen LogP contribution in [-0.2, 0) is 40.3 Å². The number of likely N-dealkylation sites (tertiary alicyclic amines) is 1. The van der Waals surface area contributed by atoms with E-state index in [1.54, 1.807) is 24.5 Å². The average Bonchev–Trinajstić information content (AvgIpc) is 3.42. The van der Waals surface area contributed by atoms with Crippen molar-refractivity contribution < 1.29 is 13.2 Å². The van der Waals surface area contributed by atoms with E-state index in [0.29, 0.717) is 31.4 Å². The van der Waals surface area contributed by atoms with E-state index in [2.05, 4.69) is 29.8 Å². The third-order valence-electron chi connectivity index (χ3n) is 7.76. The van der Waals surface area contributed by atoms with Crippen LogP contribution in [0, 0.1) is 0 Å². The van der Waals surface area contributed by atoms with Crippen molar-refractivity contribution in [3.63, 3.8) is 0 Å². The fourth-order valence-electron chi connectivity index (χ4n) is 5.60. The molecule has 3 aliphatic heterocycles. The highest BCUT2D eigenvalue weighted by Gasteiger charge is 2.44. The second-order valence-corrected chi connectivity index (χ2v) is 13.3. The number of sulfonamides is 1. The van der Waals surface area contributed by atoms with E-state index in [9.17, 15) is 8.42 Å². The molecule has 0 radical (unpaired) electrons. The summed E-state index contributed by atoms with van der Waals surface area (Å²) in [4.78, 5) is 9.29. The van der Waals surface area contributed by atoms with Crippen LogP contribution in [0.25, 0.3) is 0 Å². The number of hydrogen-bond donors (Lipinski definition) is 2. The van der Waals surface area contributed by atoms with Crippen molar-refractivity contribution in [2.75, 3.05) is 32.8 Å². The number of aromatic nitrogens is 2. The second kappa shape index (κ2) is 9.73. The van der Waals surface area contributed by atoms with Crippen LogP contribution in [0.1, 0.15) is 42.0 Å². The fraction of sp³-hybridized carbons (Fsp3) is 0.625. The predicted molar refractivity (Wildman–Crippen MR) is 139 cm³/mol. The van der Waals surface area contributed by atoms with E-state index in [4.69, 9.17) is 16.3 Å². The molecule has 2 fully saturated rings. The van der Waals surface area contributed by atoms with Gasteiger partial charge in [0.05, 0.1) is 18.2 Å². The summed E-state index contributed by atoms with van der Waals surface area (Å²) < 4.78 is 34.8. The van der Waals surface area contributed by atoms with Gasteiger partial charge in [-0.05, 0) is 37.8 Å². The Morgan fingerprint density at radius 2 is 2.19 bits per heavy atom. The number of aryl methyl sites for hydroxylation is 2. The van der Waals surface area contributed by atoms with Crippen molar-refractivity contribution in [2.45, 2.75) is 62.4 Å². The predicted octanol–water partition coefficient (Wildman–Crippen LogP) is 1.35. The van der Waals surface area contributed by atoms with Gasteiger partial charge in [-0.2, -0.15) is 4.31 Å². The molecule has 12 heteroatoms. The van der Waals surface area contributed by atoms with Crippen LogP contribution < -0.4 is 11.6 Å². The highest BCUT2D eigenvalue weighted by Crippen LogP contribution is 2.46. The molecule has 0 saturated carbocycles. The monoisotopic (exact) mass is 535 g/mol. The summed E-state index contributed by atoms with van der Waals surface area (Å²) in [5.74, 6) is 6.25. The van der Waals surface area contributed by atoms with Gasteiger partial charge in [0.1, 0.15) is 0 Å². The van der Waals surface area contributed by atoms with Gasteiger partial charge in [-0.15, -0.1) is 11.3 Å². The van der Waals surface area contributed by atoms with Gasteiger partial charge < -0.3 is 20.0 Å². The van der Waals surface area contributed by atoms with Crippen LogP contribution >= 0.6 is 11.3 Å². The molecule has 2 aromatic rings. The molecule has 198 valence electrons. The van der Waals surface area contributed by atoms with Crippen LogP contribution in [0.2, 0.25) is 0 Å². The molecule has 3 aliphatic rings. The van der Waals surface area contributed by atoms with E-state index >= 15 is 0 Å². The van der Waals surface area contributed by atoms with Crippen LogP contribution in [-0.4, -0.2) is 77.1 Å². The van der Waals surface area contributed by atoms with Gasteiger partial charge in [-0.25, -0.2) is 19.2 Å². The quantitative estimate of drug-likeness (QED) is 0.402. The molecule has 0 unspecified atom stereocenters. The molecule has 2 aromatic heterocycles.